The average Bonchev–Trinajstić information content (AvgIpc) is 2.72. The van der Waals surface area contributed by atoms with Gasteiger partial charge in [0.1, 0.15) is 5.69 Å². The molecule has 0 bridgehead atoms. The minimum Gasteiger partial charge on any atom is -0.372 e. The van der Waals surface area contributed by atoms with E-state index in [1.807, 2.05) is 0 Å². The van der Waals surface area contributed by atoms with Crippen LogP contribution in [0.2, 0.25) is 0 Å². The molecule has 0 aliphatic rings. The Bertz CT molecular complexity index is 1060. The molecule has 0 radical (unpaired) electrons. The Hall–Kier alpha value is -3.71. The molecule has 0 saturated carbocycles. The van der Waals surface area contributed by atoms with E-state index in [1.54, 1.807) is 24.1 Å². The summed E-state index contributed by atoms with van der Waals surface area (Å²) in [6.07, 6.45) is -10.2. The molecule has 8 nitrogen and oxygen atoms in total. The Balaban J connectivity index is 2.55. The van der Waals surface area contributed by atoms with Crippen LogP contribution in [0.1, 0.15) is 19.4 Å². The van der Waals surface area contributed by atoms with Gasteiger partial charge in [0.25, 0.3) is 5.69 Å². The first-order valence-electron chi connectivity index (χ1n) is 9.32. The lowest BCUT2D eigenvalue weighted by Crippen LogP contribution is -2.30. The van der Waals surface area contributed by atoms with Crippen molar-refractivity contribution in [1.29, 1.82) is 0 Å². The SMILES string of the molecule is CCN(CC)c1ccc(/N=N/c2ccc([N+](=O)[O-])cc2C(F)(F)F)c(NC(=O)C(F)(F)F)c1. The van der Waals surface area contributed by atoms with Gasteiger partial charge in [0, 0.05) is 30.9 Å². The second-order valence-corrected chi connectivity index (χ2v) is 6.48. The van der Waals surface area contributed by atoms with Crippen LogP contribution in [0.15, 0.2) is 46.6 Å². The van der Waals surface area contributed by atoms with Crippen LogP contribution in [0, 0.1) is 10.1 Å². The van der Waals surface area contributed by atoms with Crippen LogP contribution in [0.4, 0.5) is 54.8 Å². The predicted molar refractivity (Wildman–Crippen MR) is 107 cm³/mol. The quantitative estimate of drug-likeness (QED) is 0.217. The molecule has 0 unspecified atom stereocenters. The number of nitro groups is 1. The summed E-state index contributed by atoms with van der Waals surface area (Å²) in [5, 5.41) is 19.4. The number of halogens is 6. The highest BCUT2D eigenvalue weighted by Crippen LogP contribution is 2.40. The lowest BCUT2D eigenvalue weighted by molar-refractivity contribution is -0.385. The number of benzene rings is 2. The van der Waals surface area contributed by atoms with Crippen LogP contribution >= 0.6 is 0 Å². The molecule has 0 aliphatic heterocycles. The van der Waals surface area contributed by atoms with Crippen molar-refractivity contribution < 1.29 is 36.1 Å². The molecule has 2 aromatic rings. The highest BCUT2D eigenvalue weighted by atomic mass is 19.4. The zero-order chi connectivity index (χ0) is 25.0. The summed E-state index contributed by atoms with van der Waals surface area (Å²) >= 11 is 0. The van der Waals surface area contributed by atoms with Crippen molar-refractivity contribution >= 4 is 34.3 Å². The first-order chi connectivity index (χ1) is 15.3. The summed E-state index contributed by atoms with van der Waals surface area (Å²) in [5.74, 6) is -2.30. The van der Waals surface area contributed by atoms with E-state index in [9.17, 15) is 41.3 Å². The average molecular weight is 477 g/mol. The van der Waals surface area contributed by atoms with Crippen LogP contribution in [-0.2, 0) is 11.0 Å². The molecule has 178 valence electrons. The van der Waals surface area contributed by atoms with Crippen molar-refractivity contribution in [1.82, 2.24) is 0 Å². The molecule has 1 N–H and O–H groups in total. The van der Waals surface area contributed by atoms with E-state index in [1.165, 1.54) is 18.2 Å². The van der Waals surface area contributed by atoms with Crippen molar-refractivity contribution in [2.75, 3.05) is 23.3 Å². The predicted octanol–water partition coefficient (Wildman–Crippen LogP) is 6.38. The summed E-state index contributed by atoms with van der Waals surface area (Å²) in [5.41, 5.74) is -3.43. The Morgan fingerprint density at radius 3 is 2.09 bits per heavy atom. The number of carbonyl (C=O) groups excluding carboxylic acids is 1. The van der Waals surface area contributed by atoms with Gasteiger partial charge in [-0.3, -0.25) is 14.9 Å². The number of carbonyl (C=O) groups is 1. The van der Waals surface area contributed by atoms with Gasteiger partial charge in [-0.25, -0.2) is 0 Å². The number of nitrogens with zero attached hydrogens (tertiary/aromatic N) is 4. The fraction of sp³-hybridized carbons (Fsp3) is 0.316. The molecule has 2 rings (SSSR count). The van der Waals surface area contributed by atoms with E-state index in [-0.39, 0.29) is 11.8 Å². The summed E-state index contributed by atoms with van der Waals surface area (Å²) < 4.78 is 78.1. The van der Waals surface area contributed by atoms with Gasteiger partial charge in [0.05, 0.1) is 21.9 Å². The Morgan fingerprint density at radius 2 is 1.58 bits per heavy atom. The van der Waals surface area contributed by atoms with Gasteiger partial charge >= 0.3 is 18.3 Å². The van der Waals surface area contributed by atoms with Crippen molar-refractivity contribution in [2.24, 2.45) is 10.2 Å². The zero-order valence-electron chi connectivity index (χ0n) is 17.2. The number of rotatable bonds is 7. The van der Waals surface area contributed by atoms with Gasteiger partial charge in [-0.05, 0) is 38.1 Å². The van der Waals surface area contributed by atoms with E-state index >= 15 is 0 Å². The summed E-state index contributed by atoms with van der Waals surface area (Å²) in [4.78, 5) is 22.9. The van der Waals surface area contributed by atoms with Gasteiger partial charge < -0.3 is 10.2 Å². The van der Waals surface area contributed by atoms with E-state index in [4.69, 9.17) is 0 Å². The first-order valence-corrected chi connectivity index (χ1v) is 9.32. The van der Waals surface area contributed by atoms with Gasteiger partial charge in [0.15, 0.2) is 0 Å². The third kappa shape index (κ3) is 6.40. The van der Waals surface area contributed by atoms with Crippen LogP contribution in [0.5, 0.6) is 0 Å². The molecule has 33 heavy (non-hydrogen) atoms. The first kappa shape index (κ1) is 25.5. The van der Waals surface area contributed by atoms with Crippen LogP contribution in [-0.4, -0.2) is 30.1 Å². The summed E-state index contributed by atoms with van der Waals surface area (Å²) in [6.45, 7) is 4.56. The number of azo groups is 1. The van der Waals surface area contributed by atoms with Gasteiger partial charge in [-0.15, -0.1) is 10.2 Å². The topological polar surface area (TPSA) is 100 Å². The number of non-ortho nitro benzene ring substituents is 1. The maximum Gasteiger partial charge on any atom is 0.471 e. The smallest absolute Gasteiger partial charge is 0.372 e. The number of amides is 1. The standard InChI is InChI=1S/C19H17F6N5O3/c1-3-29(4-2)11-5-8-15(16(10-11)26-17(31)19(23,24)25)28-27-14-7-6-12(30(32)33)9-13(14)18(20,21)22/h5-10H,3-4H2,1-2H3,(H,26,31)/b28-27+. The lowest BCUT2D eigenvalue weighted by atomic mass is 10.1. The second kappa shape index (κ2) is 9.83. The molecular weight excluding hydrogens is 460 g/mol. The maximum atomic E-state index is 13.3. The molecule has 0 atom stereocenters. The van der Waals surface area contributed by atoms with Crippen molar-refractivity contribution in [3.05, 3.63) is 52.1 Å². The Morgan fingerprint density at radius 1 is 1.00 bits per heavy atom. The van der Waals surface area contributed by atoms with Crippen LogP contribution in [0.25, 0.3) is 0 Å². The highest BCUT2D eigenvalue weighted by Gasteiger charge is 2.39. The van der Waals surface area contributed by atoms with Gasteiger partial charge in [0.2, 0.25) is 0 Å². The molecule has 0 aromatic heterocycles. The van der Waals surface area contributed by atoms with E-state index in [2.05, 4.69) is 10.2 Å². The number of nitrogens with one attached hydrogen (secondary N) is 1. The lowest BCUT2D eigenvalue weighted by Gasteiger charge is -2.22. The Kier molecular flexibility index (Phi) is 7.61. The van der Waals surface area contributed by atoms with Gasteiger partial charge in [-0.2, -0.15) is 26.3 Å². The molecule has 0 aliphatic carbocycles. The van der Waals surface area contributed by atoms with Gasteiger partial charge in [-0.1, -0.05) is 0 Å². The van der Waals surface area contributed by atoms with Crippen LogP contribution in [0.3, 0.4) is 0 Å². The van der Waals surface area contributed by atoms with E-state index in [0.29, 0.717) is 24.8 Å². The normalized spacial score (nSPS) is 12.1. The largest absolute Gasteiger partial charge is 0.471 e. The fourth-order valence-electron chi connectivity index (χ4n) is 2.75. The molecule has 14 heteroatoms. The zero-order valence-corrected chi connectivity index (χ0v) is 17.2. The van der Waals surface area contributed by atoms with Crippen molar-refractivity contribution in [3.63, 3.8) is 0 Å². The van der Waals surface area contributed by atoms with Crippen molar-refractivity contribution in [3.8, 4) is 0 Å². The molecule has 1 amide bonds. The minimum atomic E-state index is -5.22. The number of alkyl halides is 6. The molecule has 0 saturated heterocycles. The Labute approximate surface area is 183 Å². The maximum absolute atomic E-state index is 13.3. The summed E-state index contributed by atoms with van der Waals surface area (Å²) in [6, 6.07) is 5.57. The number of anilines is 2. The number of hydrogen-bond donors (Lipinski definition) is 1. The molecule has 2 aromatic carbocycles. The third-order valence-corrected chi connectivity index (χ3v) is 4.38. The summed E-state index contributed by atoms with van der Waals surface area (Å²) in [7, 11) is 0. The third-order valence-electron chi connectivity index (χ3n) is 4.38. The van der Waals surface area contributed by atoms with Crippen LogP contribution < -0.4 is 10.2 Å². The number of nitro benzene ring substituents is 1. The highest BCUT2D eigenvalue weighted by molar-refractivity contribution is 5.97. The van der Waals surface area contributed by atoms with E-state index in [0.717, 1.165) is 6.07 Å². The fourth-order valence-corrected chi connectivity index (χ4v) is 2.75. The minimum absolute atomic E-state index is 0.268. The number of hydrogen-bond acceptors (Lipinski definition) is 6. The molecule has 0 fully saturated rings. The van der Waals surface area contributed by atoms with Crippen molar-refractivity contribution in [2.45, 2.75) is 26.2 Å². The molecule has 0 spiro atoms. The monoisotopic (exact) mass is 477 g/mol. The van der Waals surface area contributed by atoms with E-state index < -0.39 is 45.8 Å². The molecule has 0 heterocycles. The molecular formula is C19H17F6N5O3. The second-order valence-electron chi connectivity index (χ2n) is 6.48.